The number of hydrogen-bond donors (Lipinski definition) is 0. The molecule has 0 saturated heterocycles. The summed E-state index contributed by atoms with van der Waals surface area (Å²) in [7, 11) is 1.60. The second-order valence-corrected chi connectivity index (χ2v) is 4.89. The lowest BCUT2D eigenvalue weighted by atomic mass is 10.0. The fourth-order valence-corrected chi connectivity index (χ4v) is 2.23. The van der Waals surface area contributed by atoms with Gasteiger partial charge in [-0.25, -0.2) is 0 Å². The summed E-state index contributed by atoms with van der Waals surface area (Å²) in [6.45, 7) is 2.13. The second kappa shape index (κ2) is 6.67. The van der Waals surface area contributed by atoms with Gasteiger partial charge in [0.1, 0.15) is 11.2 Å². The Morgan fingerprint density at radius 2 is 2.31 bits per heavy atom. The van der Waals surface area contributed by atoms with Gasteiger partial charge in [0.25, 0.3) is 0 Å². The first-order chi connectivity index (χ1) is 7.67. The van der Waals surface area contributed by atoms with Crippen molar-refractivity contribution in [3.8, 4) is 11.2 Å². The van der Waals surface area contributed by atoms with E-state index in [0.717, 1.165) is 12.2 Å². The molecule has 1 aromatic rings. The zero-order valence-corrected chi connectivity index (χ0v) is 10.9. The molecule has 2 nitrogen and oxygen atoms in total. The lowest BCUT2D eigenvalue weighted by Gasteiger charge is -2.10. The largest absolute Gasteiger partial charge is 0.495 e. The number of hydrogen-bond acceptors (Lipinski definition) is 3. The Hall–Kier alpha value is -0.850. The van der Waals surface area contributed by atoms with Crippen LogP contribution in [0, 0.1) is 16.6 Å². The minimum Gasteiger partial charge on any atom is -0.495 e. The van der Waals surface area contributed by atoms with E-state index < -0.39 is 0 Å². The van der Waals surface area contributed by atoms with Crippen molar-refractivity contribution in [3.05, 3.63) is 28.8 Å². The number of thioether (sulfide) groups is 1. The van der Waals surface area contributed by atoms with Gasteiger partial charge in [-0.2, -0.15) is 5.26 Å². The Kier molecular flexibility index (Phi) is 5.51. The van der Waals surface area contributed by atoms with Crippen LogP contribution in [0.2, 0.25) is 5.02 Å². The maximum Gasteiger partial charge on any atom is 0.137 e. The lowest BCUT2D eigenvalue weighted by Crippen LogP contribution is -2.02. The molecule has 0 aliphatic carbocycles. The molecule has 16 heavy (non-hydrogen) atoms. The lowest BCUT2D eigenvalue weighted by molar-refractivity contribution is 0.415. The maximum absolute atomic E-state index is 8.47. The monoisotopic (exact) mass is 255 g/mol. The van der Waals surface area contributed by atoms with Gasteiger partial charge in [0.05, 0.1) is 12.1 Å². The van der Waals surface area contributed by atoms with Gasteiger partial charge < -0.3 is 4.74 Å². The molecule has 0 spiro atoms. The van der Waals surface area contributed by atoms with Gasteiger partial charge in [-0.3, -0.25) is 0 Å². The van der Waals surface area contributed by atoms with Crippen LogP contribution in [0.25, 0.3) is 0 Å². The van der Waals surface area contributed by atoms with Gasteiger partial charge in [-0.15, -0.1) is 0 Å². The van der Waals surface area contributed by atoms with Crippen LogP contribution in [0.5, 0.6) is 5.75 Å². The highest BCUT2D eigenvalue weighted by Gasteiger charge is 2.06. The highest BCUT2D eigenvalue weighted by atomic mass is 35.5. The molecule has 86 valence electrons. The number of halogens is 1. The molecule has 1 rings (SSSR count). The molecule has 0 fully saturated rings. The zero-order valence-electron chi connectivity index (χ0n) is 9.37. The topological polar surface area (TPSA) is 33.0 Å². The standard InChI is InChI=1S/C12H14ClNOS/c1-9(7-16-8-14)5-10-3-4-12(15-2)11(13)6-10/h3-4,6,9H,5,7H2,1-2H3. The van der Waals surface area contributed by atoms with E-state index in [1.54, 1.807) is 7.11 Å². The van der Waals surface area contributed by atoms with Crippen molar-refractivity contribution in [2.45, 2.75) is 13.3 Å². The SMILES string of the molecule is COc1ccc(CC(C)CSC#N)cc1Cl. The van der Waals surface area contributed by atoms with Gasteiger partial charge in [-0.05, 0) is 41.8 Å². The molecular weight excluding hydrogens is 242 g/mol. The van der Waals surface area contributed by atoms with E-state index >= 15 is 0 Å². The Morgan fingerprint density at radius 3 is 2.88 bits per heavy atom. The van der Waals surface area contributed by atoms with E-state index in [1.165, 1.54) is 17.3 Å². The summed E-state index contributed by atoms with van der Waals surface area (Å²) in [5.74, 6) is 2.01. The Balaban J connectivity index is 2.61. The fourth-order valence-electron chi connectivity index (χ4n) is 1.48. The first kappa shape index (κ1) is 13.2. The molecule has 0 amide bonds. The van der Waals surface area contributed by atoms with E-state index in [4.69, 9.17) is 21.6 Å². The molecule has 0 aliphatic heterocycles. The number of benzene rings is 1. The number of methoxy groups -OCH3 is 1. The van der Waals surface area contributed by atoms with Crippen molar-refractivity contribution in [3.63, 3.8) is 0 Å². The maximum atomic E-state index is 8.47. The number of nitriles is 1. The molecule has 0 heterocycles. The first-order valence-electron chi connectivity index (χ1n) is 5.00. The highest BCUT2D eigenvalue weighted by molar-refractivity contribution is 8.03. The molecule has 1 unspecified atom stereocenters. The molecule has 1 atom stereocenters. The summed E-state index contributed by atoms with van der Waals surface area (Å²) in [6, 6.07) is 5.81. The number of nitrogens with zero attached hydrogens (tertiary/aromatic N) is 1. The van der Waals surface area contributed by atoms with Crippen molar-refractivity contribution < 1.29 is 4.74 Å². The molecule has 0 bridgehead atoms. The minimum atomic E-state index is 0.467. The molecule has 4 heteroatoms. The van der Waals surface area contributed by atoms with Crippen LogP contribution in [0.15, 0.2) is 18.2 Å². The van der Waals surface area contributed by atoms with Gasteiger partial charge >= 0.3 is 0 Å². The van der Waals surface area contributed by atoms with E-state index in [2.05, 4.69) is 12.3 Å². The predicted octanol–water partition coefficient (Wildman–Crippen LogP) is 3.74. The Labute approximate surface area is 106 Å². The molecule has 1 aromatic carbocycles. The highest BCUT2D eigenvalue weighted by Crippen LogP contribution is 2.26. The van der Waals surface area contributed by atoms with E-state index in [-0.39, 0.29) is 0 Å². The van der Waals surface area contributed by atoms with Gasteiger partial charge in [0.15, 0.2) is 0 Å². The Bertz CT molecular complexity index is 389. The molecule has 0 aliphatic rings. The van der Waals surface area contributed by atoms with Gasteiger partial charge in [0.2, 0.25) is 0 Å². The summed E-state index contributed by atoms with van der Waals surface area (Å²) < 4.78 is 5.09. The summed E-state index contributed by atoms with van der Waals surface area (Å²) in [5.41, 5.74) is 1.18. The van der Waals surface area contributed by atoms with Crippen molar-refractivity contribution >= 4 is 23.4 Å². The normalized spacial score (nSPS) is 11.9. The van der Waals surface area contributed by atoms with E-state index in [9.17, 15) is 0 Å². The van der Waals surface area contributed by atoms with Crippen molar-refractivity contribution in [1.29, 1.82) is 5.26 Å². The quantitative estimate of drug-likeness (QED) is 0.752. The summed E-state index contributed by atoms with van der Waals surface area (Å²) in [6.07, 6.45) is 0.929. The summed E-state index contributed by atoms with van der Waals surface area (Å²) in [4.78, 5) is 0. The smallest absolute Gasteiger partial charge is 0.137 e. The van der Waals surface area contributed by atoms with Crippen LogP contribution in [0.4, 0.5) is 0 Å². The average molecular weight is 256 g/mol. The van der Waals surface area contributed by atoms with Crippen LogP contribution < -0.4 is 4.74 Å². The third kappa shape index (κ3) is 3.96. The van der Waals surface area contributed by atoms with E-state index in [1.807, 2.05) is 18.2 Å². The Morgan fingerprint density at radius 1 is 1.56 bits per heavy atom. The third-order valence-electron chi connectivity index (χ3n) is 2.23. The minimum absolute atomic E-state index is 0.467. The van der Waals surface area contributed by atoms with Crippen LogP contribution in [0.1, 0.15) is 12.5 Å². The van der Waals surface area contributed by atoms with Crippen molar-refractivity contribution in [1.82, 2.24) is 0 Å². The average Bonchev–Trinajstić information content (AvgIpc) is 2.26. The molecular formula is C12H14ClNOS. The van der Waals surface area contributed by atoms with E-state index in [0.29, 0.717) is 16.7 Å². The van der Waals surface area contributed by atoms with Crippen molar-refractivity contribution in [2.24, 2.45) is 5.92 Å². The number of thiocyanates is 1. The summed E-state index contributed by atoms with van der Waals surface area (Å²) >= 11 is 7.33. The summed E-state index contributed by atoms with van der Waals surface area (Å²) in [5, 5.41) is 11.2. The zero-order chi connectivity index (χ0) is 12.0. The predicted molar refractivity (Wildman–Crippen MR) is 68.9 cm³/mol. The van der Waals surface area contributed by atoms with Gasteiger partial charge in [-0.1, -0.05) is 24.6 Å². The van der Waals surface area contributed by atoms with Crippen molar-refractivity contribution in [2.75, 3.05) is 12.9 Å². The van der Waals surface area contributed by atoms with Crippen LogP contribution in [-0.2, 0) is 6.42 Å². The molecule has 0 saturated carbocycles. The number of ether oxygens (including phenoxy) is 1. The fraction of sp³-hybridized carbons (Fsp3) is 0.417. The first-order valence-corrected chi connectivity index (χ1v) is 6.37. The van der Waals surface area contributed by atoms with Crippen LogP contribution in [0.3, 0.4) is 0 Å². The number of rotatable bonds is 5. The third-order valence-corrected chi connectivity index (χ3v) is 3.39. The molecule has 0 radical (unpaired) electrons. The molecule has 0 aromatic heterocycles. The second-order valence-electron chi connectivity index (χ2n) is 3.68. The van der Waals surface area contributed by atoms with Gasteiger partial charge in [0, 0.05) is 5.75 Å². The molecule has 0 N–H and O–H groups in total. The van der Waals surface area contributed by atoms with Crippen LogP contribution >= 0.6 is 23.4 Å². The van der Waals surface area contributed by atoms with Crippen LogP contribution in [-0.4, -0.2) is 12.9 Å².